The van der Waals surface area contributed by atoms with Gasteiger partial charge in [0.15, 0.2) is 11.6 Å². The third kappa shape index (κ3) is 4.61. The lowest BCUT2D eigenvalue weighted by Gasteiger charge is -2.37. The highest BCUT2D eigenvalue weighted by molar-refractivity contribution is 5.91. The van der Waals surface area contributed by atoms with Crippen LogP contribution < -0.4 is 5.32 Å². The van der Waals surface area contributed by atoms with Crippen LogP contribution in [0.5, 0.6) is 0 Å². The number of likely N-dealkylation sites (tertiary alicyclic amines) is 1. The van der Waals surface area contributed by atoms with Gasteiger partial charge < -0.3 is 19.6 Å². The molecule has 0 bridgehead atoms. The van der Waals surface area contributed by atoms with E-state index >= 15 is 0 Å². The summed E-state index contributed by atoms with van der Waals surface area (Å²) in [4.78, 5) is 30.5. The summed E-state index contributed by atoms with van der Waals surface area (Å²) in [6.07, 6.45) is 7.03. The molecule has 0 aromatic carbocycles. The largest absolute Gasteiger partial charge is 0.448 e. The molecule has 0 atom stereocenters. The van der Waals surface area contributed by atoms with Crippen LogP contribution in [0, 0.1) is 5.82 Å². The first-order chi connectivity index (χ1) is 15.1. The van der Waals surface area contributed by atoms with Crippen molar-refractivity contribution >= 4 is 18.1 Å². The Bertz CT molecular complexity index is 1070. The number of amides is 1. The van der Waals surface area contributed by atoms with Gasteiger partial charge in [-0.2, -0.15) is 0 Å². The minimum atomic E-state index is -0.464. The van der Waals surface area contributed by atoms with E-state index in [9.17, 15) is 9.18 Å². The molecule has 0 unspecified atom stereocenters. The molecule has 3 aromatic heterocycles. The second-order valence-corrected chi connectivity index (χ2v) is 7.28. The molecule has 0 radical (unpaired) electrons. The fraction of sp³-hybridized carbons (Fsp3) is 0.273. The third-order valence-electron chi connectivity index (χ3n) is 5.18. The standard InChI is InChI=1S/C22H23FN6O2/c1-3-16-17(4-2)27-20(26-16)7-9-29-11-14(12-29)22-28-19(13-31-22)21(30)25-10-18-15(23)6-5-8-24-18/h3-6,8,13-14H,1-2,7,9-12H2,(H,25,30)(H,26,27). The summed E-state index contributed by atoms with van der Waals surface area (Å²) in [7, 11) is 0. The minimum Gasteiger partial charge on any atom is -0.448 e. The van der Waals surface area contributed by atoms with Crippen LogP contribution >= 0.6 is 0 Å². The highest BCUT2D eigenvalue weighted by Crippen LogP contribution is 2.26. The zero-order chi connectivity index (χ0) is 21.8. The number of nitrogens with one attached hydrogen (secondary N) is 2. The van der Waals surface area contributed by atoms with Crippen LogP contribution in [-0.4, -0.2) is 50.4 Å². The van der Waals surface area contributed by atoms with Gasteiger partial charge in [0.1, 0.15) is 17.9 Å². The number of aromatic nitrogens is 4. The van der Waals surface area contributed by atoms with Crippen LogP contribution in [0.4, 0.5) is 4.39 Å². The van der Waals surface area contributed by atoms with Gasteiger partial charge in [-0.05, 0) is 24.3 Å². The van der Waals surface area contributed by atoms with Gasteiger partial charge in [0.25, 0.3) is 5.91 Å². The Labute approximate surface area is 178 Å². The quantitative estimate of drug-likeness (QED) is 0.550. The molecular weight excluding hydrogens is 399 g/mol. The Balaban J connectivity index is 1.24. The second kappa shape index (κ2) is 9.05. The van der Waals surface area contributed by atoms with E-state index in [1.54, 1.807) is 12.2 Å². The lowest BCUT2D eigenvalue weighted by molar-refractivity contribution is 0.0944. The summed E-state index contributed by atoms with van der Waals surface area (Å²) >= 11 is 0. The summed E-state index contributed by atoms with van der Waals surface area (Å²) < 4.78 is 19.1. The van der Waals surface area contributed by atoms with Crippen LogP contribution in [-0.2, 0) is 13.0 Å². The molecule has 8 nitrogen and oxygen atoms in total. The fourth-order valence-corrected chi connectivity index (χ4v) is 3.44. The molecule has 31 heavy (non-hydrogen) atoms. The maximum atomic E-state index is 13.6. The number of oxazole rings is 1. The van der Waals surface area contributed by atoms with Gasteiger partial charge in [-0.3, -0.25) is 9.78 Å². The van der Waals surface area contributed by atoms with Gasteiger partial charge in [-0.15, -0.1) is 0 Å². The topological polar surface area (TPSA) is 99.9 Å². The number of hydrogen-bond donors (Lipinski definition) is 2. The summed E-state index contributed by atoms with van der Waals surface area (Å²) in [6, 6.07) is 2.80. The first-order valence-electron chi connectivity index (χ1n) is 9.96. The van der Waals surface area contributed by atoms with E-state index in [2.05, 4.69) is 43.3 Å². The molecule has 1 aliphatic heterocycles. The smallest absolute Gasteiger partial charge is 0.273 e. The van der Waals surface area contributed by atoms with Crippen molar-refractivity contribution in [3.63, 3.8) is 0 Å². The molecular formula is C22H23FN6O2. The highest BCUT2D eigenvalue weighted by Gasteiger charge is 2.32. The van der Waals surface area contributed by atoms with E-state index < -0.39 is 11.7 Å². The molecule has 4 rings (SSSR count). The van der Waals surface area contributed by atoms with Gasteiger partial charge in [0.05, 0.1) is 29.5 Å². The van der Waals surface area contributed by atoms with Crippen molar-refractivity contribution in [2.24, 2.45) is 0 Å². The van der Waals surface area contributed by atoms with E-state index in [-0.39, 0.29) is 23.9 Å². The zero-order valence-electron chi connectivity index (χ0n) is 17.0. The van der Waals surface area contributed by atoms with E-state index in [1.807, 2.05) is 0 Å². The lowest BCUT2D eigenvalue weighted by atomic mass is 10.00. The molecule has 160 valence electrons. The summed E-state index contributed by atoms with van der Waals surface area (Å²) in [5, 5.41) is 2.61. The van der Waals surface area contributed by atoms with Crippen LogP contribution in [0.2, 0.25) is 0 Å². The molecule has 0 saturated carbocycles. The number of imidazole rings is 1. The monoisotopic (exact) mass is 422 g/mol. The van der Waals surface area contributed by atoms with E-state index in [0.717, 1.165) is 43.3 Å². The van der Waals surface area contributed by atoms with Crippen molar-refractivity contribution in [3.8, 4) is 0 Å². The average Bonchev–Trinajstić information content (AvgIpc) is 3.39. The number of hydrogen-bond acceptors (Lipinski definition) is 6. The SMILES string of the molecule is C=Cc1nc(CCN2CC(c3nc(C(=O)NCc4ncccc4F)co3)C2)[nH]c1C=C. The summed E-state index contributed by atoms with van der Waals surface area (Å²) in [6.45, 7) is 9.95. The Morgan fingerprint density at radius 2 is 2.19 bits per heavy atom. The first-order valence-corrected chi connectivity index (χ1v) is 9.96. The molecule has 1 amide bonds. The van der Waals surface area contributed by atoms with E-state index in [4.69, 9.17) is 4.42 Å². The molecule has 1 fully saturated rings. The Hall–Kier alpha value is -3.59. The number of halogens is 1. The van der Waals surface area contributed by atoms with Crippen LogP contribution in [0.15, 0.2) is 42.2 Å². The molecule has 9 heteroatoms. The number of rotatable bonds is 9. The Morgan fingerprint density at radius 1 is 1.35 bits per heavy atom. The predicted molar refractivity (Wildman–Crippen MR) is 114 cm³/mol. The Morgan fingerprint density at radius 3 is 2.90 bits per heavy atom. The second-order valence-electron chi connectivity index (χ2n) is 7.28. The van der Waals surface area contributed by atoms with Crippen molar-refractivity contribution in [1.82, 2.24) is 30.2 Å². The zero-order valence-corrected chi connectivity index (χ0v) is 17.0. The van der Waals surface area contributed by atoms with Crippen LogP contribution in [0.1, 0.15) is 45.2 Å². The molecule has 1 aliphatic rings. The average molecular weight is 422 g/mol. The van der Waals surface area contributed by atoms with Crippen LogP contribution in [0.3, 0.4) is 0 Å². The Kier molecular flexibility index (Phi) is 6.03. The fourth-order valence-electron chi connectivity index (χ4n) is 3.44. The van der Waals surface area contributed by atoms with Crippen molar-refractivity contribution in [2.75, 3.05) is 19.6 Å². The summed E-state index contributed by atoms with van der Waals surface area (Å²) in [5.74, 6) is 0.678. The molecule has 4 heterocycles. The highest BCUT2D eigenvalue weighted by atomic mass is 19.1. The number of nitrogens with zero attached hydrogens (tertiary/aromatic N) is 4. The van der Waals surface area contributed by atoms with Crippen molar-refractivity contribution in [2.45, 2.75) is 18.9 Å². The van der Waals surface area contributed by atoms with E-state index in [0.29, 0.717) is 5.89 Å². The van der Waals surface area contributed by atoms with E-state index in [1.165, 1.54) is 24.6 Å². The minimum absolute atomic E-state index is 0.0151. The normalized spacial score (nSPS) is 14.2. The van der Waals surface area contributed by atoms with Crippen molar-refractivity contribution < 1.29 is 13.6 Å². The lowest BCUT2D eigenvalue weighted by Crippen LogP contribution is -2.46. The number of carbonyl (C=O) groups is 1. The van der Waals surface area contributed by atoms with Gasteiger partial charge in [0.2, 0.25) is 0 Å². The first kappa shape index (κ1) is 20.7. The predicted octanol–water partition coefficient (Wildman–Crippen LogP) is 2.79. The molecule has 3 aromatic rings. The molecule has 0 aliphatic carbocycles. The van der Waals surface area contributed by atoms with Gasteiger partial charge in [-0.1, -0.05) is 13.2 Å². The van der Waals surface area contributed by atoms with Crippen molar-refractivity contribution in [3.05, 3.63) is 78.1 Å². The molecule has 2 N–H and O–H groups in total. The third-order valence-corrected chi connectivity index (χ3v) is 5.18. The van der Waals surface area contributed by atoms with Crippen LogP contribution in [0.25, 0.3) is 12.2 Å². The van der Waals surface area contributed by atoms with Gasteiger partial charge in [0, 0.05) is 32.3 Å². The van der Waals surface area contributed by atoms with Crippen molar-refractivity contribution in [1.29, 1.82) is 0 Å². The molecule has 1 saturated heterocycles. The maximum Gasteiger partial charge on any atom is 0.273 e. The number of carbonyl (C=O) groups excluding carboxylic acids is 1. The number of pyridine rings is 1. The maximum absolute atomic E-state index is 13.6. The van der Waals surface area contributed by atoms with Gasteiger partial charge in [-0.25, -0.2) is 14.4 Å². The summed E-state index contributed by atoms with van der Waals surface area (Å²) in [5.41, 5.74) is 2.03. The number of H-pyrrole nitrogens is 1. The van der Waals surface area contributed by atoms with Gasteiger partial charge >= 0.3 is 0 Å². The number of aromatic amines is 1. The molecule has 0 spiro atoms.